The molecule has 2 fully saturated rings. The Kier molecular flexibility index (Phi) is 8.09. The van der Waals surface area contributed by atoms with E-state index in [2.05, 4.69) is 22.1 Å². The first kappa shape index (κ1) is 25.3. The topological polar surface area (TPSA) is 45.3 Å². The number of ether oxygens (including phenoxy) is 2. The summed E-state index contributed by atoms with van der Waals surface area (Å²) in [5, 5.41) is 0. The average Bonchev–Trinajstić information content (AvgIpc) is 2.95. The Hall–Kier alpha value is -3.32. The van der Waals surface area contributed by atoms with Gasteiger partial charge in [-0.15, -0.1) is 0 Å². The van der Waals surface area contributed by atoms with Crippen molar-refractivity contribution < 1.29 is 18.7 Å². The second-order valence-corrected chi connectivity index (χ2v) is 10.1. The Morgan fingerprint density at radius 1 is 0.919 bits per heavy atom. The highest BCUT2D eigenvalue weighted by molar-refractivity contribution is 5.96. The second kappa shape index (κ2) is 11.8. The third-order valence-corrected chi connectivity index (χ3v) is 7.60. The van der Waals surface area contributed by atoms with Gasteiger partial charge < -0.3 is 19.3 Å². The molecule has 3 aliphatic heterocycles. The van der Waals surface area contributed by atoms with Crippen molar-refractivity contribution in [3.63, 3.8) is 0 Å². The van der Waals surface area contributed by atoms with Gasteiger partial charge >= 0.3 is 0 Å². The highest BCUT2D eigenvalue weighted by atomic mass is 19.1. The quantitative estimate of drug-likeness (QED) is 0.549. The molecule has 2 aromatic carbocycles. The van der Waals surface area contributed by atoms with Gasteiger partial charge in [-0.3, -0.25) is 9.69 Å². The predicted octanol–water partition coefficient (Wildman–Crippen LogP) is 4.62. The molecule has 0 aromatic heterocycles. The first-order chi connectivity index (χ1) is 18.1. The van der Waals surface area contributed by atoms with Gasteiger partial charge in [-0.2, -0.15) is 0 Å². The average molecular weight is 506 g/mol. The van der Waals surface area contributed by atoms with Crippen molar-refractivity contribution >= 4 is 5.91 Å². The van der Waals surface area contributed by atoms with Gasteiger partial charge in [-0.1, -0.05) is 24.3 Å². The SMILES string of the molecule is COc1ccc(OC2CCN(C(=O)C3=CN(C4CCN(Cc5ccc(F)cc5)CC4)CC=C3)CC2)cc1. The minimum Gasteiger partial charge on any atom is -0.497 e. The van der Waals surface area contributed by atoms with E-state index in [9.17, 15) is 9.18 Å². The highest BCUT2D eigenvalue weighted by Gasteiger charge is 2.28. The van der Waals surface area contributed by atoms with Crippen LogP contribution in [0, 0.1) is 5.82 Å². The number of rotatable bonds is 7. The van der Waals surface area contributed by atoms with Gasteiger partial charge in [0.2, 0.25) is 0 Å². The molecule has 0 radical (unpaired) electrons. The summed E-state index contributed by atoms with van der Waals surface area (Å²) >= 11 is 0. The Morgan fingerprint density at radius 3 is 2.27 bits per heavy atom. The van der Waals surface area contributed by atoms with Crippen LogP contribution < -0.4 is 9.47 Å². The zero-order valence-electron chi connectivity index (χ0n) is 21.5. The lowest BCUT2D eigenvalue weighted by Crippen LogP contribution is -2.45. The van der Waals surface area contributed by atoms with Crippen molar-refractivity contribution in [2.75, 3.05) is 39.8 Å². The van der Waals surface area contributed by atoms with Gasteiger partial charge in [-0.25, -0.2) is 4.39 Å². The minimum atomic E-state index is -0.191. The summed E-state index contributed by atoms with van der Waals surface area (Å²) < 4.78 is 24.5. The number of carbonyl (C=O) groups excluding carboxylic acids is 1. The van der Waals surface area contributed by atoms with E-state index in [1.165, 1.54) is 12.1 Å². The summed E-state index contributed by atoms with van der Waals surface area (Å²) in [7, 11) is 1.65. The van der Waals surface area contributed by atoms with Gasteiger partial charge in [0.25, 0.3) is 5.91 Å². The molecular weight excluding hydrogens is 469 g/mol. The summed E-state index contributed by atoms with van der Waals surface area (Å²) in [5.74, 6) is 1.57. The van der Waals surface area contributed by atoms with Crippen LogP contribution in [-0.2, 0) is 11.3 Å². The zero-order valence-corrected chi connectivity index (χ0v) is 21.5. The van der Waals surface area contributed by atoms with Crippen molar-refractivity contribution in [1.82, 2.24) is 14.7 Å². The van der Waals surface area contributed by atoms with Gasteiger partial charge in [0.1, 0.15) is 23.4 Å². The molecule has 0 bridgehead atoms. The van der Waals surface area contributed by atoms with Crippen LogP contribution in [-0.4, -0.2) is 72.6 Å². The van der Waals surface area contributed by atoms with Crippen LogP contribution in [0.3, 0.4) is 0 Å². The van der Waals surface area contributed by atoms with Gasteiger partial charge in [-0.05, 0) is 54.8 Å². The van der Waals surface area contributed by atoms with Crippen molar-refractivity contribution in [3.8, 4) is 11.5 Å². The predicted molar refractivity (Wildman–Crippen MR) is 142 cm³/mol. The molecule has 2 saturated heterocycles. The van der Waals surface area contributed by atoms with Crippen molar-refractivity contribution in [1.29, 1.82) is 0 Å². The largest absolute Gasteiger partial charge is 0.497 e. The van der Waals surface area contributed by atoms with Gasteiger partial charge in [0.05, 0.1) is 12.7 Å². The third-order valence-electron chi connectivity index (χ3n) is 7.60. The first-order valence-electron chi connectivity index (χ1n) is 13.3. The number of likely N-dealkylation sites (tertiary alicyclic amines) is 2. The number of carbonyl (C=O) groups is 1. The minimum absolute atomic E-state index is 0.109. The molecule has 3 aliphatic rings. The van der Waals surface area contributed by atoms with Crippen LogP contribution in [0.5, 0.6) is 11.5 Å². The molecule has 0 saturated carbocycles. The molecule has 6 nitrogen and oxygen atoms in total. The Bertz CT molecular complexity index is 1100. The first-order valence-corrected chi connectivity index (χ1v) is 13.3. The van der Waals surface area contributed by atoms with E-state index in [0.717, 1.165) is 74.5 Å². The Labute approximate surface area is 218 Å². The molecule has 0 N–H and O–H groups in total. The standard InChI is InChI=1S/C30H36FN3O3/c1-36-27-8-10-28(11-9-27)37-29-14-19-33(20-15-29)30(35)24-3-2-16-34(22-24)26-12-17-32(18-13-26)21-23-4-6-25(31)7-5-23/h2-11,22,26,29H,12-21H2,1H3. The fourth-order valence-electron chi connectivity index (χ4n) is 5.42. The maximum absolute atomic E-state index is 13.3. The van der Waals surface area contributed by atoms with Gasteiger partial charge in [0.15, 0.2) is 0 Å². The summed E-state index contributed by atoms with van der Waals surface area (Å²) in [6.45, 7) is 5.10. The van der Waals surface area contributed by atoms with E-state index in [1.54, 1.807) is 7.11 Å². The number of hydrogen-bond acceptors (Lipinski definition) is 5. The van der Waals surface area contributed by atoms with Crippen LogP contribution in [0.2, 0.25) is 0 Å². The third kappa shape index (κ3) is 6.52. The monoisotopic (exact) mass is 505 g/mol. The number of nitrogens with zero attached hydrogens (tertiary/aromatic N) is 3. The molecular formula is C30H36FN3O3. The number of hydrogen-bond donors (Lipinski definition) is 0. The summed E-state index contributed by atoms with van der Waals surface area (Å²) in [4.78, 5) is 20.0. The van der Waals surface area contributed by atoms with Crippen molar-refractivity contribution in [2.45, 2.75) is 44.4 Å². The maximum Gasteiger partial charge on any atom is 0.255 e. The molecule has 37 heavy (non-hydrogen) atoms. The molecule has 0 unspecified atom stereocenters. The molecule has 1 amide bonds. The van der Waals surface area contributed by atoms with Crippen LogP contribution >= 0.6 is 0 Å². The van der Waals surface area contributed by atoms with E-state index in [1.807, 2.05) is 47.4 Å². The van der Waals surface area contributed by atoms with Crippen molar-refractivity contribution in [2.24, 2.45) is 0 Å². The molecule has 7 heteroatoms. The number of piperidine rings is 2. The number of methoxy groups -OCH3 is 1. The molecule has 2 aromatic rings. The normalized spacial score (nSPS) is 19.6. The van der Waals surface area contributed by atoms with E-state index < -0.39 is 0 Å². The fraction of sp³-hybridized carbons (Fsp3) is 0.433. The Balaban J connectivity index is 1.09. The summed E-state index contributed by atoms with van der Waals surface area (Å²) in [6.07, 6.45) is 10.0. The number of amides is 1. The number of halogens is 1. The molecule has 0 spiro atoms. The lowest BCUT2D eigenvalue weighted by atomic mass is 10.0. The van der Waals surface area contributed by atoms with E-state index in [0.29, 0.717) is 19.1 Å². The molecule has 5 rings (SSSR count). The van der Waals surface area contributed by atoms with Crippen LogP contribution in [0.4, 0.5) is 4.39 Å². The van der Waals surface area contributed by atoms with E-state index in [-0.39, 0.29) is 17.8 Å². The lowest BCUT2D eigenvalue weighted by Gasteiger charge is -2.39. The zero-order chi connectivity index (χ0) is 25.6. The van der Waals surface area contributed by atoms with Crippen LogP contribution in [0.1, 0.15) is 31.2 Å². The Morgan fingerprint density at radius 2 is 1.59 bits per heavy atom. The maximum atomic E-state index is 13.3. The van der Waals surface area contributed by atoms with E-state index in [4.69, 9.17) is 9.47 Å². The molecule has 0 atom stereocenters. The van der Waals surface area contributed by atoms with Crippen LogP contribution in [0.25, 0.3) is 0 Å². The second-order valence-electron chi connectivity index (χ2n) is 10.1. The highest BCUT2D eigenvalue weighted by Crippen LogP contribution is 2.25. The van der Waals surface area contributed by atoms with E-state index >= 15 is 0 Å². The smallest absolute Gasteiger partial charge is 0.255 e. The number of benzene rings is 2. The molecule has 3 heterocycles. The van der Waals surface area contributed by atoms with Crippen molar-refractivity contribution in [3.05, 3.63) is 83.8 Å². The molecule has 196 valence electrons. The summed E-state index contributed by atoms with van der Waals surface area (Å²) in [5.41, 5.74) is 1.92. The summed E-state index contributed by atoms with van der Waals surface area (Å²) in [6, 6.07) is 14.9. The van der Waals surface area contributed by atoms with Crippen LogP contribution in [0.15, 0.2) is 72.5 Å². The van der Waals surface area contributed by atoms with Gasteiger partial charge in [0, 0.05) is 64.4 Å². The lowest BCUT2D eigenvalue weighted by molar-refractivity contribution is -0.128. The molecule has 0 aliphatic carbocycles. The fourth-order valence-corrected chi connectivity index (χ4v) is 5.42.